The van der Waals surface area contributed by atoms with Crippen molar-refractivity contribution in [2.24, 2.45) is 16.8 Å². The number of aliphatic imine (C=N–C) groups is 1. The Labute approximate surface area is 187 Å². The highest BCUT2D eigenvalue weighted by molar-refractivity contribution is 14.0. The van der Waals surface area contributed by atoms with Gasteiger partial charge in [-0.2, -0.15) is 0 Å². The van der Waals surface area contributed by atoms with E-state index >= 15 is 0 Å². The summed E-state index contributed by atoms with van der Waals surface area (Å²) in [4.78, 5) is 21.1. The van der Waals surface area contributed by atoms with Crippen molar-refractivity contribution >= 4 is 35.8 Å². The third-order valence-electron chi connectivity index (χ3n) is 5.89. The summed E-state index contributed by atoms with van der Waals surface area (Å²) < 4.78 is 5.65. The third kappa shape index (κ3) is 8.02. The first-order valence-electron chi connectivity index (χ1n) is 10.8. The number of guanidine groups is 1. The maximum absolute atomic E-state index is 12.3. The fourth-order valence-electron chi connectivity index (χ4n) is 3.57. The van der Waals surface area contributed by atoms with E-state index in [9.17, 15) is 4.79 Å². The monoisotopic (exact) mass is 507 g/mol. The smallest absolute Gasteiger partial charge is 0.225 e. The lowest BCUT2D eigenvalue weighted by Crippen LogP contribution is -2.52. The number of hydrogen-bond acceptors (Lipinski definition) is 4. The average Bonchev–Trinajstić information content (AvgIpc) is 3.46. The second-order valence-corrected chi connectivity index (χ2v) is 8.09. The van der Waals surface area contributed by atoms with E-state index in [4.69, 9.17) is 4.74 Å². The van der Waals surface area contributed by atoms with Crippen molar-refractivity contribution in [1.82, 2.24) is 20.4 Å². The van der Waals surface area contributed by atoms with Crippen LogP contribution in [0.5, 0.6) is 0 Å². The molecule has 0 aromatic carbocycles. The van der Waals surface area contributed by atoms with Gasteiger partial charge in [-0.15, -0.1) is 24.0 Å². The number of halogens is 1. The second-order valence-electron chi connectivity index (χ2n) is 8.09. The van der Waals surface area contributed by atoms with Crippen molar-refractivity contribution in [3.63, 3.8) is 0 Å². The highest BCUT2D eigenvalue weighted by Crippen LogP contribution is 2.29. The van der Waals surface area contributed by atoms with Crippen molar-refractivity contribution in [3.8, 4) is 0 Å². The molecule has 2 N–H and O–H groups in total. The lowest BCUT2D eigenvalue weighted by molar-refractivity contribution is -0.139. The SMILES string of the molecule is CN=C(NCCCOCC1CC1)NCCN1CCN(C(=O)C2CCC2)CC1.I. The van der Waals surface area contributed by atoms with Crippen LogP contribution in [-0.2, 0) is 9.53 Å². The molecule has 28 heavy (non-hydrogen) atoms. The Balaban J connectivity index is 0.00000280. The van der Waals surface area contributed by atoms with E-state index in [0.29, 0.717) is 11.8 Å². The molecule has 2 saturated carbocycles. The number of carbonyl (C=O) groups excluding carboxylic acids is 1. The highest BCUT2D eigenvalue weighted by atomic mass is 127. The number of amides is 1. The van der Waals surface area contributed by atoms with Crippen molar-refractivity contribution in [1.29, 1.82) is 0 Å². The molecule has 0 aromatic heterocycles. The minimum absolute atomic E-state index is 0. The molecule has 1 aliphatic heterocycles. The van der Waals surface area contributed by atoms with Crippen LogP contribution in [-0.4, -0.2) is 87.7 Å². The summed E-state index contributed by atoms with van der Waals surface area (Å²) in [5, 5.41) is 6.73. The Morgan fingerprint density at radius 2 is 1.79 bits per heavy atom. The van der Waals surface area contributed by atoms with Crippen LogP contribution < -0.4 is 10.6 Å². The van der Waals surface area contributed by atoms with Gasteiger partial charge >= 0.3 is 0 Å². The minimum Gasteiger partial charge on any atom is -0.381 e. The molecule has 1 amide bonds. The largest absolute Gasteiger partial charge is 0.381 e. The van der Waals surface area contributed by atoms with Gasteiger partial charge in [0.2, 0.25) is 5.91 Å². The second kappa shape index (κ2) is 12.8. The molecule has 3 fully saturated rings. The number of nitrogens with one attached hydrogen (secondary N) is 2. The first-order valence-corrected chi connectivity index (χ1v) is 10.8. The van der Waals surface area contributed by atoms with Gasteiger partial charge in [0, 0.05) is 72.0 Å². The topological polar surface area (TPSA) is 69.2 Å². The van der Waals surface area contributed by atoms with Crippen LogP contribution in [0.1, 0.15) is 38.5 Å². The van der Waals surface area contributed by atoms with E-state index in [1.807, 2.05) is 7.05 Å². The van der Waals surface area contributed by atoms with Crippen LogP contribution in [0.3, 0.4) is 0 Å². The number of carbonyl (C=O) groups is 1. The van der Waals surface area contributed by atoms with Gasteiger partial charge in [-0.05, 0) is 38.0 Å². The van der Waals surface area contributed by atoms with Gasteiger partial charge in [-0.3, -0.25) is 14.7 Å². The van der Waals surface area contributed by atoms with Gasteiger partial charge in [0.05, 0.1) is 0 Å². The van der Waals surface area contributed by atoms with Gasteiger partial charge in [0.15, 0.2) is 5.96 Å². The summed E-state index contributed by atoms with van der Waals surface area (Å²) >= 11 is 0. The van der Waals surface area contributed by atoms with E-state index in [0.717, 1.165) is 90.2 Å². The maximum Gasteiger partial charge on any atom is 0.225 e. The molecule has 7 nitrogen and oxygen atoms in total. The number of rotatable bonds is 10. The van der Waals surface area contributed by atoms with E-state index in [-0.39, 0.29) is 24.0 Å². The molecule has 8 heteroatoms. The zero-order valence-electron chi connectivity index (χ0n) is 17.3. The molecular weight excluding hydrogens is 469 g/mol. The average molecular weight is 507 g/mol. The Bertz CT molecular complexity index is 489. The number of hydrogen-bond donors (Lipinski definition) is 2. The molecule has 0 atom stereocenters. The molecule has 2 aliphatic carbocycles. The molecule has 1 saturated heterocycles. The summed E-state index contributed by atoms with van der Waals surface area (Å²) in [7, 11) is 1.81. The molecule has 3 rings (SSSR count). The van der Waals surface area contributed by atoms with E-state index in [2.05, 4.69) is 25.4 Å². The first kappa shape index (κ1) is 23.7. The lowest BCUT2D eigenvalue weighted by atomic mass is 9.84. The minimum atomic E-state index is 0. The predicted octanol–water partition coefficient (Wildman–Crippen LogP) is 1.53. The van der Waals surface area contributed by atoms with Gasteiger partial charge in [0.1, 0.15) is 0 Å². The van der Waals surface area contributed by atoms with Crippen LogP contribution in [0.2, 0.25) is 0 Å². The molecule has 1 heterocycles. The fraction of sp³-hybridized carbons (Fsp3) is 0.900. The van der Waals surface area contributed by atoms with Crippen molar-refractivity contribution in [3.05, 3.63) is 0 Å². The quantitative estimate of drug-likeness (QED) is 0.203. The van der Waals surface area contributed by atoms with Crippen LogP contribution >= 0.6 is 24.0 Å². The summed E-state index contributed by atoms with van der Waals surface area (Å²) in [6.45, 7) is 8.20. The number of nitrogens with zero attached hydrogens (tertiary/aromatic N) is 3. The van der Waals surface area contributed by atoms with Crippen LogP contribution in [0.15, 0.2) is 4.99 Å². The molecule has 0 spiro atoms. The van der Waals surface area contributed by atoms with Crippen molar-refractivity contribution in [2.75, 3.05) is 66.1 Å². The van der Waals surface area contributed by atoms with Crippen molar-refractivity contribution < 1.29 is 9.53 Å². The van der Waals surface area contributed by atoms with E-state index in [1.54, 1.807) is 0 Å². The summed E-state index contributed by atoms with van der Waals surface area (Å²) in [6, 6.07) is 0. The molecule has 0 aromatic rings. The van der Waals surface area contributed by atoms with Gasteiger partial charge in [0.25, 0.3) is 0 Å². The van der Waals surface area contributed by atoms with Gasteiger partial charge in [-0.25, -0.2) is 0 Å². The Kier molecular flexibility index (Phi) is 10.9. The fourth-order valence-corrected chi connectivity index (χ4v) is 3.57. The number of piperazine rings is 1. The van der Waals surface area contributed by atoms with Crippen LogP contribution in [0, 0.1) is 11.8 Å². The Morgan fingerprint density at radius 3 is 2.39 bits per heavy atom. The molecule has 0 radical (unpaired) electrons. The predicted molar refractivity (Wildman–Crippen MR) is 123 cm³/mol. The summed E-state index contributed by atoms with van der Waals surface area (Å²) in [6.07, 6.45) is 7.13. The molecule has 162 valence electrons. The Hall–Kier alpha value is -0.610. The van der Waals surface area contributed by atoms with E-state index < -0.39 is 0 Å². The zero-order valence-corrected chi connectivity index (χ0v) is 19.7. The van der Waals surface area contributed by atoms with Gasteiger partial charge in [-0.1, -0.05) is 6.42 Å². The standard InChI is InChI=1S/C20H37N5O2.HI/c1-21-20(22-8-3-15-27-16-17-6-7-17)23-9-10-24-11-13-25(14-12-24)19(26)18-4-2-5-18;/h17-18H,2-16H2,1H3,(H2,21,22,23);1H. The first-order chi connectivity index (χ1) is 13.3. The molecule has 0 unspecified atom stereocenters. The lowest BCUT2D eigenvalue weighted by Gasteiger charge is -2.38. The molecular formula is C20H38IN5O2. The maximum atomic E-state index is 12.3. The van der Waals surface area contributed by atoms with Crippen LogP contribution in [0.4, 0.5) is 0 Å². The number of ether oxygens (including phenoxy) is 1. The van der Waals surface area contributed by atoms with Gasteiger partial charge < -0.3 is 20.3 Å². The Morgan fingerprint density at radius 1 is 1.07 bits per heavy atom. The van der Waals surface area contributed by atoms with Crippen molar-refractivity contribution in [2.45, 2.75) is 38.5 Å². The molecule has 0 bridgehead atoms. The normalized spacial score (nSPS) is 21.0. The summed E-state index contributed by atoms with van der Waals surface area (Å²) in [5.41, 5.74) is 0. The third-order valence-corrected chi connectivity index (χ3v) is 5.89. The zero-order chi connectivity index (χ0) is 18.9. The van der Waals surface area contributed by atoms with Crippen LogP contribution in [0.25, 0.3) is 0 Å². The van der Waals surface area contributed by atoms with E-state index in [1.165, 1.54) is 19.3 Å². The summed E-state index contributed by atoms with van der Waals surface area (Å²) in [5.74, 6) is 2.41. The molecule has 3 aliphatic rings. The highest BCUT2D eigenvalue weighted by Gasteiger charge is 2.31.